The lowest BCUT2D eigenvalue weighted by atomic mass is 9.99. The Kier molecular flexibility index (Phi) is 7.57. The Morgan fingerprint density at radius 3 is 1.53 bits per heavy atom. The van der Waals surface area contributed by atoms with Gasteiger partial charge in [-0.3, -0.25) is 4.79 Å². The number of benzene rings is 3. The summed E-state index contributed by atoms with van der Waals surface area (Å²) in [6.45, 7) is 1.84. The van der Waals surface area contributed by atoms with E-state index in [4.69, 9.17) is 37.6 Å². The van der Waals surface area contributed by atoms with Crippen molar-refractivity contribution in [2.75, 3.05) is 49.8 Å². The molecule has 0 N–H and O–H groups in total. The Morgan fingerprint density at radius 1 is 0.605 bits per heavy atom. The van der Waals surface area contributed by atoms with Gasteiger partial charge in [-0.25, -0.2) is 0 Å². The van der Waals surface area contributed by atoms with E-state index in [1.807, 2.05) is 25.1 Å². The second-order valence-corrected chi connectivity index (χ2v) is 8.26. The van der Waals surface area contributed by atoms with Gasteiger partial charge >= 0.3 is 0 Å². The number of rotatable bonds is 10. The van der Waals surface area contributed by atoms with Crippen molar-refractivity contribution in [2.45, 2.75) is 6.92 Å². The molecule has 0 atom stereocenters. The minimum absolute atomic E-state index is 0.193. The van der Waals surface area contributed by atoms with Gasteiger partial charge in [0.2, 0.25) is 17.3 Å². The van der Waals surface area contributed by atoms with Crippen LogP contribution in [0.5, 0.6) is 40.2 Å². The third-order valence-electron chi connectivity index (χ3n) is 6.37. The van der Waals surface area contributed by atoms with Crippen LogP contribution in [0.1, 0.15) is 21.7 Å². The van der Waals surface area contributed by atoms with Crippen LogP contribution in [-0.2, 0) is 0 Å². The number of hydrogen-bond acceptors (Lipinski definition) is 9. The van der Waals surface area contributed by atoms with Crippen LogP contribution in [0.15, 0.2) is 40.8 Å². The zero-order chi connectivity index (χ0) is 27.6. The van der Waals surface area contributed by atoms with Crippen LogP contribution >= 0.6 is 0 Å². The standard InChI is InChI=1S/C29H30O9/c1-15-18-13-19(16-9-22(32-3)28(36-7)23(10-16)33-4)20(31-2)14-21(18)38-27(15)26(30)17-11-24(34-5)29(37-8)25(12-17)35-6/h9-14H,1-8H3. The van der Waals surface area contributed by atoms with Gasteiger partial charge in [-0.05, 0) is 42.8 Å². The third-order valence-corrected chi connectivity index (χ3v) is 6.37. The van der Waals surface area contributed by atoms with Gasteiger partial charge in [0.15, 0.2) is 28.8 Å². The minimum Gasteiger partial charge on any atom is -0.496 e. The lowest BCUT2D eigenvalue weighted by molar-refractivity contribution is 0.101. The summed E-state index contributed by atoms with van der Waals surface area (Å²) in [7, 11) is 10.7. The highest BCUT2D eigenvalue weighted by molar-refractivity contribution is 6.11. The van der Waals surface area contributed by atoms with Gasteiger partial charge in [0.25, 0.3) is 0 Å². The van der Waals surface area contributed by atoms with E-state index in [0.29, 0.717) is 57.0 Å². The maximum Gasteiger partial charge on any atom is 0.228 e. The van der Waals surface area contributed by atoms with E-state index in [9.17, 15) is 4.79 Å². The fourth-order valence-corrected chi connectivity index (χ4v) is 4.44. The van der Waals surface area contributed by atoms with Crippen molar-refractivity contribution in [2.24, 2.45) is 0 Å². The van der Waals surface area contributed by atoms with Crippen LogP contribution in [-0.4, -0.2) is 55.6 Å². The van der Waals surface area contributed by atoms with E-state index in [2.05, 4.69) is 0 Å². The van der Waals surface area contributed by atoms with Crippen molar-refractivity contribution in [3.05, 3.63) is 53.3 Å². The van der Waals surface area contributed by atoms with Gasteiger partial charge in [-0.2, -0.15) is 0 Å². The lowest BCUT2D eigenvalue weighted by Crippen LogP contribution is -2.04. The molecule has 0 aliphatic carbocycles. The molecule has 0 amide bonds. The molecule has 200 valence electrons. The predicted molar refractivity (Wildman–Crippen MR) is 142 cm³/mol. The molecule has 38 heavy (non-hydrogen) atoms. The highest BCUT2D eigenvalue weighted by atomic mass is 16.5. The fourth-order valence-electron chi connectivity index (χ4n) is 4.44. The SMILES string of the molecule is COc1cc2oc(C(=O)c3cc(OC)c(OC)c(OC)c3)c(C)c2cc1-c1cc(OC)c(OC)c(OC)c1. The van der Waals surface area contributed by atoms with Crippen LogP contribution in [0.3, 0.4) is 0 Å². The summed E-state index contributed by atoms with van der Waals surface area (Å²) in [4.78, 5) is 13.6. The molecule has 4 rings (SSSR count). The molecule has 0 radical (unpaired) electrons. The number of carbonyl (C=O) groups is 1. The monoisotopic (exact) mass is 522 g/mol. The average Bonchev–Trinajstić information content (AvgIpc) is 3.28. The molecule has 0 aliphatic heterocycles. The van der Waals surface area contributed by atoms with E-state index >= 15 is 0 Å². The highest BCUT2D eigenvalue weighted by Gasteiger charge is 2.25. The summed E-state index contributed by atoms with van der Waals surface area (Å²) in [5.41, 5.74) is 3.05. The molecule has 4 aromatic rings. The number of aryl methyl sites for hydroxylation is 1. The van der Waals surface area contributed by atoms with Crippen LogP contribution in [0, 0.1) is 6.92 Å². The lowest BCUT2D eigenvalue weighted by Gasteiger charge is -2.15. The topological polar surface area (TPSA) is 94.8 Å². The first-order chi connectivity index (χ1) is 18.3. The Morgan fingerprint density at radius 2 is 1.08 bits per heavy atom. The zero-order valence-corrected chi connectivity index (χ0v) is 22.6. The smallest absolute Gasteiger partial charge is 0.228 e. The van der Waals surface area contributed by atoms with Gasteiger partial charge in [0.05, 0.1) is 49.8 Å². The molecule has 3 aromatic carbocycles. The first-order valence-electron chi connectivity index (χ1n) is 11.6. The molecule has 0 saturated heterocycles. The van der Waals surface area contributed by atoms with Crippen LogP contribution in [0.2, 0.25) is 0 Å². The van der Waals surface area contributed by atoms with Crippen LogP contribution in [0.25, 0.3) is 22.1 Å². The predicted octanol–water partition coefficient (Wildman–Crippen LogP) is 5.70. The molecule has 9 nitrogen and oxygen atoms in total. The summed E-state index contributed by atoms with van der Waals surface area (Å²) >= 11 is 0. The number of furan rings is 1. The maximum absolute atomic E-state index is 13.6. The molecule has 1 aromatic heterocycles. The second-order valence-electron chi connectivity index (χ2n) is 8.26. The van der Waals surface area contributed by atoms with Crippen molar-refractivity contribution >= 4 is 16.8 Å². The van der Waals surface area contributed by atoms with E-state index in [-0.39, 0.29) is 11.5 Å². The summed E-state index contributed by atoms with van der Waals surface area (Å²) in [5.74, 6) is 3.05. The molecule has 0 saturated carbocycles. The number of ketones is 1. The minimum atomic E-state index is -0.328. The normalized spacial score (nSPS) is 10.7. The van der Waals surface area contributed by atoms with Crippen LogP contribution in [0.4, 0.5) is 0 Å². The number of fused-ring (bicyclic) bond motifs is 1. The molecule has 1 heterocycles. The second kappa shape index (κ2) is 10.8. The third kappa shape index (κ3) is 4.40. The van der Waals surface area contributed by atoms with E-state index < -0.39 is 0 Å². The summed E-state index contributed by atoms with van der Waals surface area (Å²) in [6.07, 6.45) is 0. The molecular weight excluding hydrogens is 492 g/mol. The molecule has 0 fully saturated rings. The van der Waals surface area contributed by atoms with Gasteiger partial charge < -0.3 is 37.6 Å². The number of methoxy groups -OCH3 is 7. The maximum atomic E-state index is 13.6. The quantitative estimate of drug-likeness (QED) is 0.243. The molecule has 0 unspecified atom stereocenters. The van der Waals surface area contributed by atoms with Crippen molar-refractivity contribution in [1.82, 2.24) is 0 Å². The molecule has 0 aliphatic rings. The molecule has 0 bridgehead atoms. The average molecular weight is 523 g/mol. The Bertz CT molecular complexity index is 1450. The molecular formula is C29H30O9. The summed E-state index contributed by atoms with van der Waals surface area (Å²) < 4.78 is 44.5. The first kappa shape index (κ1) is 26.5. The highest BCUT2D eigenvalue weighted by Crippen LogP contribution is 2.45. The first-order valence-corrected chi connectivity index (χ1v) is 11.6. The van der Waals surface area contributed by atoms with Crippen molar-refractivity contribution in [1.29, 1.82) is 0 Å². The Balaban J connectivity index is 1.88. The van der Waals surface area contributed by atoms with Gasteiger partial charge in [0.1, 0.15) is 11.3 Å². The summed E-state index contributed by atoms with van der Waals surface area (Å²) in [5, 5.41) is 0.755. The summed E-state index contributed by atoms with van der Waals surface area (Å²) in [6, 6.07) is 10.5. The Labute approximate surface area is 220 Å². The molecule has 9 heteroatoms. The van der Waals surface area contributed by atoms with Gasteiger partial charge in [-0.1, -0.05) is 0 Å². The largest absolute Gasteiger partial charge is 0.496 e. The van der Waals surface area contributed by atoms with Crippen LogP contribution < -0.4 is 33.2 Å². The van der Waals surface area contributed by atoms with Crippen molar-refractivity contribution in [3.63, 3.8) is 0 Å². The van der Waals surface area contributed by atoms with Gasteiger partial charge in [-0.15, -0.1) is 0 Å². The van der Waals surface area contributed by atoms with Crippen molar-refractivity contribution < 1.29 is 42.4 Å². The van der Waals surface area contributed by atoms with E-state index in [0.717, 1.165) is 16.5 Å². The van der Waals surface area contributed by atoms with Gasteiger partial charge in [0, 0.05) is 28.1 Å². The van der Waals surface area contributed by atoms with Crippen molar-refractivity contribution in [3.8, 4) is 51.4 Å². The Hall–Kier alpha value is -4.53. The number of hydrogen-bond donors (Lipinski definition) is 0. The number of ether oxygens (including phenoxy) is 7. The fraction of sp³-hybridized carbons (Fsp3) is 0.276. The number of carbonyl (C=O) groups excluding carboxylic acids is 1. The van der Waals surface area contributed by atoms with E-state index in [1.54, 1.807) is 46.6 Å². The zero-order valence-electron chi connectivity index (χ0n) is 22.6. The van der Waals surface area contributed by atoms with E-state index in [1.165, 1.54) is 21.3 Å². The molecule has 0 spiro atoms.